The van der Waals surface area contributed by atoms with Crippen LogP contribution >= 0.6 is 0 Å². The monoisotopic (exact) mass is 470 g/mol. The highest BCUT2D eigenvalue weighted by Gasteiger charge is 2.28. The Hall–Kier alpha value is -3.72. The van der Waals surface area contributed by atoms with E-state index in [9.17, 15) is 13.2 Å². The molecule has 0 saturated carbocycles. The van der Waals surface area contributed by atoms with Crippen LogP contribution in [0.25, 0.3) is 0 Å². The van der Waals surface area contributed by atoms with Crippen LogP contribution in [-0.4, -0.2) is 41.7 Å². The van der Waals surface area contributed by atoms with Gasteiger partial charge in [0.05, 0.1) is 31.4 Å². The van der Waals surface area contributed by atoms with Crippen molar-refractivity contribution < 1.29 is 27.4 Å². The van der Waals surface area contributed by atoms with Crippen molar-refractivity contribution >= 4 is 27.3 Å². The number of amides is 1. The molecule has 174 valence electrons. The van der Waals surface area contributed by atoms with Gasteiger partial charge in [0.25, 0.3) is 10.0 Å². The summed E-state index contributed by atoms with van der Waals surface area (Å²) in [4.78, 5) is 12.8. The zero-order valence-electron chi connectivity index (χ0n) is 18.6. The third-order valence-electron chi connectivity index (χ3n) is 4.70. The van der Waals surface area contributed by atoms with Crippen molar-refractivity contribution in [2.75, 3.05) is 37.0 Å². The summed E-state index contributed by atoms with van der Waals surface area (Å²) in [5, 5.41) is 2.74. The topological polar surface area (TPSA) is 94.2 Å². The van der Waals surface area contributed by atoms with Gasteiger partial charge in [0.15, 0.2) is 11.5 Å². The first kappa shape index (κ1) is 23.9. The number of sulfonamides is 1. The Bertz CT molecular complexity index is 1200. The van der Waals surface area contributed by atoms with Crippen LogP contribution in [0.1, 0.15) is 6.92 Å². The SMILES string of the molecule is CCOc1cccc(NC(=O)CN(c2ccccc2)S(=O)(=O)c2ccc(OC)c(OC)c2)c1. The Morgan fingerprint density at radius 2 is 1.64 bits per heavy atom. The standard InChI is InChI=1S/C24H26N2O6S/c1-4-32-20-12-8-9-18(15-20)25-24(27)17-26(19-10-6-5-7-11-19)33(28,29)21-13-14-22(30-2)23(16-21)31-3/h5-16H,4,17H2,1-3H3,(H,25,27). The zero-order valence-corrected chi connectivity index (χ0v) is 19.5. The lowest BCUT2D eigenvalue weighted by Crippen LogP contribution is -2.38. The maximum Gasteiger partial charge on any atom is 0.264 e. The number of hydrogen-bond acceptors (Lipinski definition) is 6. The van der Waals surface area contributed by atoms with Crippen molar-refractivity contribution in [2.24, 2.45) is 0 Å². The molecular weight excluding hydrogens is 444 g/mol. The van der Waals surface area contributed by atoms with E-state index in [2.05, 4.69) is 5.32 Å². The van der Waals surface area contributed by atoms with Crippen LogP contribution in [0.15, 0.2) is 77.7 Å². The number of hydrogen-bond donors (Lipinski definition) is 1. The quantitative estimate of drug-likeness (QED) is 0.482. The molecule has 0 atom stereocenters. The summed E-state index contributed by atoms with van der Waals surface area (Å²) >= 11 is 0. The van der Waals surface area contributed by atoms with Gasteiger partial charge in [-0.3, -0.25) is 9.10 Å². The highest BCUT2D eigenvalue weighted by molar-refractivity contribution is 7.92. The number of carbonyl (C=O) groups excluding carboxylic acids is 1. The van der Waals surface area contributed by atoms with Crippen LogP contribution in [0.3, 0.4) is 0 Å². The summed E-state index contributed by atoms with van der Waals surface area (Å²) in [6, 6.07) is 19.6. The van der Waals surface area contributed by atoms with E-state index in [1.165, 1.54) is 32.4 Å². The molecule has 0 bridgehead atoms. The highest BCUT2D eigenvalue weighted by atomic mass is 32.2. The fourth-order valence-corrected chi connectivity index (χ4v) is 4.61. The molecule has 0 heterocycles. The van der Waals surface area contributed by atoms with E-state index < -0.39 is 22.5 Å². The van der Waals surface area contributed by atoms with Crippen LogP contribution in [-0.2, 0) is 14.8 Å². The van der Waals surface area contributed by atoms with Gasteiger partial charge >= 0.3 is 0 Å². The lowest BCUT2D eigenvalue weighted by molar-refractivity contribution is -0.114. The van der Waals surface area contributed by atoms with Crippen LogP contribution in [0.5, 0.6) is 17.2 Å². The number of nitrogens with one attached hydrogen (secondary N) is 1. The number of anilines is 2. The fraction of sp³-hybridized carbons (Fsp3) is 0.208. The van der Waals surface area contributed by atoms with Crippen LogP contribution in [0.4, 0.5) is 11.4 Å². The molecule has 8 nitrogen and oxygen atoms in total. The van der Waals surface area contributed by atoms with Crippen molar-refractivity contribution in [3.63, 3.8) is 0 Å². The molecule has 0 aliphatic rings. The largest absolute Gasteiger partial charge is 0.494 e. The molecule has 1 amide bonds. The Kier molecular flexibility index (Phi) is 7.78. The first-order chi connectivity index (χ1) is 15.9. The van der Waals surface area contributed by atoms with Crippen molar-refractivity contribution in [3.8, 4) is 17.2 Å². The molecule has 0 unspecified atom stereocenters. The zero-order chi connectivity index (χ0) is 23.8. The summed E-state index contributed by atoms with van der Waals surface area (Å²) in [5.74, 6) is 0.767. The fourth-order valence-electron chi connectivity index (χ4n) is 3.17. The summed E-state index contributed by atoms with van der Waals surface area (Å²) in [6.45, 7) is 1.92. The Morgan fingerprint density at radius 3 is 2.30 bits per heavy atom. The van der Waals surface area contributed by atoms with Gasteiger partial charge < -0.3 is 19.5 Å². The second-order valence-electron chi connectivity index (χ2n) is 6.87. The molecule has 1 N–H and O–H groups in total. The molecule has 3 aromatic carbocycles. The number of rotatable bonds is 10. The lowest BCUT2D eigenvalue weighted by atomic mass is 10.3. The van der Waals surface area contributed by atoms with Crippen molar-refractivity contribution in [3.05, 3.63) is 72.8 Å². The van der Waals surface area contributed by atoms with Gasteiger partial charge in [0, 0.05) is 17.8 Å². The smallest absolute Gasteiger partial charge is 0.264 e. The molecule has 33 heavy (non-hydrogen) atoms. The molecule has 0 aliphatic heterocycles. The van der Waals surface area contributed by atoms with Gasteiger partial charge in [-0.15, -0.1) is 0 Å². The summed E-state index contributed by atoms with van der Waals surface area (Å²) in [5.41, 5.74) is 0.855. The summed E-state index contributed by atoms with van der Waals surface area (Å²) < 4.78 is 44.1. The van der Waals surface area contributed by atoms with Gasteiger partial charge in [-0.2, -0.15) is 0 Å². The normalized spacial score (nSPS) is 10.9. The molecule has 0 aliphatic carbocycles. The van der Waals surface area contributed by atoms with Crippen molar-refractivity contribution in [2.45, 2.75) is 11.8 Å². The predicted octanol–water partition coefficient (Wildman–Crippen LogP) is 3.94. The third kappa shape index (κ3) is 5.75. The second kappa shape index (κ2) is 10.7. The van der Waals surface area contributed by atoms with Crippen LogP contribution in [0, 0.1) is 0 Å². The van der Waals surface area contributed by atoms with E-state index in [1.54, 1.807) is 54.6 Å². The predicted molar refractivity (Wildman–Crippen MR) is 127 cm³/mol. The second-order valence-corrected chi connectivity index (χ2v) is 8.74. The molecule has 3 aromatic rings. The van der Waals surface area contributed by atoms with Crippen LogP contribution < -0.4 is 23.8 Å². The molecule has 9 heteroatoms. The average molecular weight is 471 g/mol. The molecular formula is C24H26N2O6S. The first-order valence-corrected chi connectivity index (χ1v) is 11.7. The van der Waals surface area contributed by atoms with E-state index in [-0.39, 0.29) is 10.6 Å². The summed E-state index contributed by atoms with van der Waals surface area (Å²) in [6.07, 6.45) is 0. The lowest BCUT2D eigenvalue weighted by Gasteiger charge is -2.24. The molecule has 3 rings (SSSR count). The van der Waals surface area contributed by atoms with Gasteiger partial charge in [-0.25, -0.2) is 8.42 Å². The number of benzene rings is 3. The minimum absolute atomic E-state index is 0.0323. The maximum absolute atomic E-state index is 13.6. The number of carbonyl (C=O) groups is 1. The Labute approximate surface area is 193 Å². The molecule has 0 saturated heterocycles. The first-order valence-electron chi connectivity index (χ1n) is 10.2. The van der Waals surface area contributed by atoms with Gasteiger partial charge in [0.2, 0.25) is 5.91 Å². The van der Waals surface area contributed by atoms with E-state index >= 15 is 0 Å². The van der Waals surface area contributed by atoms with Gasteiger partial charge in [-0.05, 0) is 43.3 Å². The molecule has 0 aromatic heterocycles. The molecule has 0 radical (unpaired) electrons. The Balaban J connectivity index is 1.92. The number of ether oxygens (including phenoxy) is 3. The van der Waals surface area contributed by atoms with Crippen molar-refractivity contribution in [1.82, 2.24) is 0 Å². The molecule has 0 fully saturated rings. The van der Waals surface area contributed by atoms with Crippen LogP contribution in [0.2, 0.25) is 0 Å². The number of para-hydroxylation sites is 1. The van der Waals surface area contributed by atoms with E-state index in [0.29, 0.717) is 29.5 Å². The number of nitrogens with zero attached hydrogens (tertiary/aromatic N) is 1. The van der Waals surface area contributed by atoms with E-state index in [1.807, 2.05) is 6.92 Å². The maximum atomic E-state index is 13.6. The minimum atomic E-state index is -4.10. The van der Waals surface area contributed by atoms with Gasteiger partial charge in [-0.1, -0.05) is 24.3 Å². The minimum Gasteiger partial charge on any atom is -0.494 e. The third-order valence-corrected chi connectivity index (χ3v) is 6.47. The van der Waals surface area contributed by atoms with Gasteiger partial charge in [0.1, 0.15) is 12.3 Å². The average Bonchev–Trinajstić information content (AvgIpc) is 2.83. The van der Waals surface area contributed by atoms with E-state index in [0.717, 1.165) is 4.31 Å². The molecule has 0 spiro atoms. The Morgan fingerprint density at radius 1 is 0.909 bits per heavy atom. The number of methoxy groups -OCH3 is 2. The van der Waals surface area contributed by atoms with Crippen molar-refractivity contribution in [1.29, 1.82) is 0 Å². The van der Waals surface area contributed by atoms with E-state index in [4.69, 9.17) is 14.2 Å². The highest BCUT2D eigenvalue weighted by Crippen LogP contribution is 2.32. The summed E-state index contributed by atoms with van der Waals surface area (Å²) in [7, 11) is -1.21.